The van der Waals surface area contributed by atoms with Gasteiger partial charge in [-0.3, -0.25) is 19.2 Å². The molecule has 39 heavy (non-hydrogen) atoms. The van der Waals surface area contributed by atoms with Crippen LogP contribution in [0.2, 0.25) is 0 Å². The van der Waals surface area contributed by atoms with E-state index in [0.29, 0.717) is 6.54 Å². The van der Waals surface area contributed by atoms with Crippen molar-refractivity contribution in [1.82, 2.24) is 16.0 Å². The number of carbonyl (C=O) groups excluding carboxylic acids is 3. The van der Waals surface area contributed by atoms with Crippen molar-refractivity contribution >= 4 is 29.7 Å². The highest BCUT2D eigenvalue weighted by molar-refractivity contribution is 5.88. The minimum atomic E-state index is -1.45. The van der Waals surface area contributed by atoms with Crippen LogP contribution in [-0.2, 0) is 30.4 Å². The summed E-state index contributed by atoms with van der Waals surface area (Å²) in [7, 11) is 0. The number of benzene rings is 1. The summed E-state index contributed by atoms with van der Waals surface area (Å²) < 4.78 is 0. The van der Waals surface area contributed by atoms with Crippen molar-refractivity contribution in [2.45, 2.75) is 84.4 Å². The molecule has 2 unspecified atom stereocenters. The van der Waals surface area contributed by atoms with E-state index in [0.717, 1.165) is 5.56 Å². The lowest BCUT2D eigenvalue weighted by atomic mass is 9.89. The monoisotopic (exact) mass is 549 g/mol. The summed E-state index contributed by atoms with van der Waals surface area (Å²) in [6.07, 6.45) is -1.86. The standard InChI is InChI=1S/C28H43N3O8/c1-17(2)12-24(33)31-22(28(38)39)15-25(34)30-21(13-19-8-6-5-7-9-19)23(32)14-20(10-11-26(35)36)27(37)29-16-18(3)4/h5-9,17-18,20-23,32H,10-16H2,1-4H3,(H,29,37)(H,30,34)(H,31,33)(H,35,36)(H,38,39)/t20?,21-,22?,23-/m0/s1. The van der Waals surface area contributed by atoms with Gasteiger partial charge in [0.1, 0.15) is 6.04 Å². The van der Waals surface area contributed by atoms with Crippen molar-refractivity contribution in [2.24, 2.45) is 17.8 Å². The van der Waals surface area contributed by atoms with Crippen LogP contribution in [-0.4, -0.2) is 69.7 Å². The van der Waals surface area contributed by atoms with Crippen molar-refractivity contribution in [3.05, 3.63) is 35.9 Å². The molecule has 11 heteroatoms. The number of aliphatic carboxylic acids is 2. The van der Waals surface area contributed by atoms with Crippen molar-refractivity contribution < 1.29 is 39.3 Å². The van der Waals surface area contributed by atoms with Gasteiger partial charge in [0.25, 0.3) is 0 Å². The van der Waals surface area contributed by atoms with Gasteiger partial charge >= 0.3 is 11.9 Å². The maximum Gasteiger partial charge on any atom is 0.326 e. The van der Waals surface area contributed by atoms with Crippen molar-refractivity contribution in [2.75, 3.05) is 6.54 Å². The van der Waals surface area contributed by atoms with Gasteiger partial charge in [-0.25, -0.2) is 4.79 Å². The Hall–Kier alpha value is -3.47. The molecule has 0 fully saturated rings. The van der Waals surface area contributed by atoms with Crippen LogP contribution in [0.1, 0.15) is 65.4 Å². The van der Waals surface area contributed by atoms with Crippen LogP contribution in [0.15, 0.2) is 30.3 Å². The summed E-state index contributed by atoms with van der Waals surface area (Å²) in [6, 6.07) is 6.65. The third kappa shape index (κ3) is 14.3. The van der Waals surface area contributed by atoms with E-state index in [1.54, 1.807) is 24.3 Å². The Kier molecular flexibility index (Phi) is 14.8. The largest absolute Gasteiger partial charge is 0.481 e. The van der Waals surface area contributed by atoms with E-state index < -0.39 is 54.3 Å². The lowest BCUT2D eigenvalue weighted by molar-refractivity contribution is -0.144. The van der Waals surface area contributed by atoms with Crippen molar-refractivity contribution in [3.8, 4) is 0 Å². The SMILES string of the molecule is CC(C)CNC(=O)C(CCC(=O)O)C[C@H](O)[C@H](Cc1ccccc1)NC(=O)CC(NC(=O)CC(C)C)C(=O)O. The number of carbonyl (C=O) groups is 5. The normalized spacial score (nSPS) is 14.2. The summed E-state index contributed by atoms with van der Waals surface area (Å²) in [5.41, 5.74) is 0.785. The summed E-state index contributed by atoms with van der Waals surface area (Å²) in [6.45, 7) is 7.85. The third-order valence-electron chi connectivity index (χ3n) is 6.01. The molecule has 0 aromatic heterocycles. The smallest absolute Gasteiger partial charge is 0.326 e. The molecule has 0 bridgehead atoms. The number of carboxylic acid groups (broad SMARTS) is 2. The number of hydrogen-bond acceptors (Lipinski definition) is 6. The molecule has 1 aromatic rings. The summed E-state index contributed by atoms with van der Waals surface area (Å²) in [4.78, 5) is 60.6. The molecule has 4 atom stereocenters. The van der Waals surface area contributed by atoms with Crippen molar-refractivity contribution in [3.63, 3.8) is 0 Å². The topological polar surface area (TPSA) is 182 Å². The summed E-state index contributed by atoms with van der Waals surface area (Å²) in [5.74, 6) is -4.63. The van der Waals surface area contributed by atoms with E-state index in [2.05, 4.69) is 16.0 Å². The van der Waals surface area contributed by atoms with Gasteiger partial charge in [0.15, 0.2) is 0 Å². The first-order valence-corrected chi connectivity index (χ1v) is 13.3. The van der Waals surface area contributed by atoms with Gasteiger partial charge in [-0.1, -0.05) is 58.0 Å². The molecule has 0 radical (unpaired) electrons. The molecule has 1 aromatic carbocycles. The van der Waals surface area contributed by atoms with Crippen LogP contribution >= 0.6 is 0 Å². The van der Waals surface area contributed by atoms with Gasteiger partial charge in [0.05, 0.1) is 18.6 Å². The molecule has 3 amide bonds. The van der Waals surface area contributed by atoms with E-state index in [-0.39, 0.29) is 49.8 Å². The number of rotatable bonds is 18. The quantitative estimate of drug-likeness (QED) is 0.160. The molecule has 0 aliphatic carbocycles. The number of nitrogens with one attached hydrogen (secondary N) is 3. The minimum absolute atomic E-state index is 0.00508. The Morgan fingerprint density at radius 1 is 0.846 bits per heavy atom. The lowest BCUT2D eigenvalue weighted by Crippen LogP contribution is -2.50. The lowest BCUT2D eigenvalue weighted by Gasteiger charge is -2.28. The first-order valence-electron chi connectivity index (χ1n) is 13.3. The van der Waals surface area contributed by atoms with Gasteiger partial charge in [-0.15, -0.1) is 0 Å². The number of amides is 3. The predicted molar refractivity (Wildman–Crippen MR) is 145 cm³/mol. The second-order valence-corrected chi connectivity index (χ2v) is 10.7. The Labute approximate surface area is 229 Å². The van der Waals surface area contributed by atoms with E-state index in [1.807, 2.05) is 33.8 Å². The van der Waals surface area contributed by atoms with Crippen LogP contribution in [0, 0.1) is 17.8 Å². The van der Waals surface area contributed by atoms with Gasteiger partial charge < -0.3 is 31.3 Å². The number of aliphatic hydroxyl groups is 1. The number of hydrogen-bond donors (Lipinski definition) is 6. The zero-order chi connectivity index (χ0) is 29.5. The highest BCUT2D eigenvalue weighted by atomic mass is 16.4. The Bertz CT molecular complexity index is 951. The first kappa shape index (κ1) is 33.6. The van der Waals surface area contributed by atoms with Crippen LogP contribution in [0.5, 0.6) is 0 Å². The Morgan fingerprint density at radius 3 is 2.00 bits per heavy atom. The second-order valence-electron chi connectivity index (χ2n) is 10.7. The number of aliphatic hydroxyl groups excluding tert-OH is 1. The van der Waals surface area contributed by atoms with Gasteiger partial charge in [-0.05, 0) is 36.7 Å². The van der Waals surface area contributed by atoms with Gasteiger partial charge in [-0.2, -0.15) is 0 Å². The molecule has 218 valence electrons. The first-order chi connectivity index (χ1) is 18.3. The molecule has 1 rings (SSSR count). The molecule has 0 aliphatic heterocycles. The minimum Gasteiger partial charge on any atom is -0.481 e. The number of carboxylic acids is 2. The predicted octanol–water partition coefficient (Wildman–Crippen LogP) is 1.72. The Balaban J connectivity index is 3.06. The fraction of sp³-hybridized carbons (Fsp3) is 0.607. The summed E-state index contributed by atoms with van der Waals surface area (Å²) >= 11 is 0. The van der Waals surface area contributed by atoms with E-state index in [9.17, 15) is 34.2 Å². The van der Waals surface area contributed by atoms with Gasteiger partial charge in [0.2, 0.25) is 17.7 Å². The molecule has 6 N–H and O–H groups in total. The van der Waals surface area contributed by atoms with E-state index in [1.165, 1.54) is 0 Å². The molecule has 0 saturated heterocycles. The van der Waals surface area contributed by atoms with Crippen molar-refractivity contribution in [1.29, 1.82) is 0 Å². The third-order valence-corrected chi connectivity index (χ3v) is 6.01. The molecular weight excluding hydrogens is 506 g/mol. The molecule has 0 saturated carbocycles. The molecule has 11 nitrogen and oxygen atoms in total. The molecular formula is C28H43N3O8. The van der Waals surface area contributed by atoms with Crippen LogP contribution in [0.3, 0.4) is 0 Å². The van der Waals surface area contributed by atoms with Crippen LogP contribution in [0.25, 0.3) is 0 Å². The summed E-state index contributed by atoms with van der Waals surface area (Å²) in [5, 5.41) is 37.6. The Morgan fingerprint density at radius 2 is 1.46 bits per heavy atom. The van der Waals surface area contributed by atoms with Crippen LogP contribution in [0.4, 0.5) is 0 Å². The van der Waals surface area contributed by atoms with E-state index in [4.69, 9.17) is 5.11 Å². The zero-order valence-corrected chi connectivity index (χ0v) is 23.2. The average Bonchev–Trinajstić information content (AvgIpc) is 2.84. The molecule has 0 heterocycles. The molecule has 0 spiro atoms. The fourth-order valence-corrected chi connectivity index (χ4v) is 3.99. The maximum atomic E-state index is 12.9. The maximum absolute atomic E-state index is 12.9. The van der Waals surface area contributed by atoms with Crippen LogP contribution < -0.4 is 16.0 Å². The fourth-order valence-electron chi connectivity index (χ4n) is 3.99. The van der Waals surface area contributed by atoms with Gasteiger partial charge in [0, 0.05) is 25.3 Å². The van der Waals surface area contributed by atoms with E-state index >= 15 is 0 Å². The highest BCUT2D eigenvalue weighted by Gasteiger charge is 2.30. The second kappa shape index (κ2) is 17.2. The zero-order valence-electron chi connectivity index (χ0n) is 23.2. The molecule has 0 aliphatic rings. The highest BCUT2D eigenvalue weighted by Crippen LogP contribution is 2.19. The average molecular weight is 550 g/mol.